The van der Waals surface area contributed by atoms with Crippen LogP contribution in [0.1, 0.15) is 53.4 Å². The quantitative estimate of drug-likeness (QED) is 0.449. The molecular formula is C15H26S. The maximum atomic E-state index is 4.19. The average Bonchev–Trinajstić information content (AvgIpc) is 2.17. The molecule has 0 nitrogen and oxygen atoms in total. The number of allylic oxidation sites excluding steroid dienone is 5. The first-order valence-corrected chi connectivity index (χ1v) is 6.75. The van der Waals surface area contributed by atoms with E-state index in [-0.39, 0.29) is 0 Å². The molecule has 0 aliphatic carbocycles. The fraction of sp³-hybridized carbons (Fsp3) is 0.600. The van der Waals surface area contributed by atoms with Gasteiger partial charge in [-0.3, -0.25) is 0 Å². The van der Waals surface area contributed by atoms with Crippen molar-refractivity contribution in [3.8, 4) is 0 Å². The summed E-state index contributed by atoms with van der Waals surface area (Å²) in [6.07, 6.45) is 11.6. The minimum absolute atomic E-state index is 0.856. The molecule has 0 spiro atoms. The minimum atomic E-state index is 0.856. The lowest BCUT2D eigenvalue weighted by Gasteiger charge is -2.00. The highest BCUT2D eigenvalue weighted by Gasteiger charge is 1.91. The van der Waals surface area contributed by atoms with E-state index >= 15 is 0 Å². The van der Waals surface area contributed by atoms with Crippen LogP contribution in [0.4, 0.5) is 0 Å². The molecule has 0 N–H and O–H groups in total. The Hall–Kier alpha value is -0.430. The van der Waals surface area contributed by atoms with Gasteiger partial charge in [-0.15, -0.1) is 0 Å². The van der Waals surface area contributed by atoms with E-state index in [1.807, 2.05) is 0 Å². The Labute approximate surface area is 107 Å². The van der Waals surface area contributed by atoms with Crippen molar-refractivity contribution in [3.05, 3.63) is 34.9 Å². The van der Waals surface area contributed by atoms with Crippen LogP contribution in [0.2, 0.25) is 0 Å². The third-order valence-corrected chi connectivity index (χ3v) is 2.75. The van der Waals surface area contributed by atoms with Crippen molar-refractivity contribution in [2.45, 2.75) is 53.4 Å². The Balaban J connectivity index is 3.79. The Morgan fingerprint density at radius 2 is 1.31 bits per heavy atom. The second-order valence-corrected chi connectivity index (χ2v) is 5.01. The number of hydrogen-bond acceptors (Lipinski definition) is 1. The van der Waals surface area contributed by atoms with E-state index in [9.17, 15) is 0 Å². The van der Waals surface area contributed by atoms with Crippen LogP contribution in [0.5, 0.6) is 0 Å². The standard InChI is InChI=1S/C15H26S/c1-13(2)7-5-8-14(3)9-6-10-15(4)11-12-16/h7,9,11,16H,5-6,8,10,12H2,1-4H3/b14-9-,15-11+. The highest BCUT2D eigenvalue weighted by Crippen LogP contribution is 2.11. The predicted octanol–water partition coefficient (Wildman–Crippen LogP) is 5.34. The van der Waals surface area contributed by atoms with Gasteiger partial charge in [0.1, 0.15) is 0 Å². The Bertz CT molecular complexity index is 265. The summed E-state index contributed by atoms with van der Waals surface area (Å²) in [4.78, 5) is 0. The van der Waals surface area contributed by atoms with Crippen LogP contribution in [-0.2, 0) is 0 Å². The zero-order chi connectivity index (χ0) is 12.4. The molecule has 0 aromatic carbocycles. The van der Waals surface area contributed by atoms with Crippen molar-refractivity contribution in [2.75, 3.05) is 5.75 Å². The molecule has 0 bridgehead atoms. The van der Waals surface area contributed by atoms with Gasteiger partial charge >= 0.3 is 0 Å². The predicted molar refractivity (Wildman–Crippen MR) is 79.3 cm³/mol. The lowest BCUT2D eigenvalue weighted by molar-refractivity contribution is 0.917. The molecule has 0 heterocycles. The highest BCUT2D eigenvalue weighted by molar-refractivity contribution is 7.80. The molecule has 0 aliphatic heterocycles. The summed E-state index contributed by atoms with van der Waals surface area (Å²) in [6, 6.07) is 0. The van der Waals surface area contributed by atoms with Gasteiger partial charge in [-0.1, -0.05) is 34.9 Å². The van der Waals surface area contributed by atoms with Crippen molar-refractivity contribution in [1.82, 2.24) is 0 Å². The van der Waals surface area contributed by atoms with E-state index in [1.165, 1.54) is 36.0 Å². The summed E-state index contributed by atoms with van der Waals surface area (Å²) >= 11 is 4.19. The normalized spacial score (nSPS) is 12.8. The first kappa shape index (κ1) is 15.6. The van der Waals surface area contributed by atoms with E-state index in [0.29, 0.717) is 0 Å². The molecule has 0 rings (SSSR count). The van der Waals surface area contributed by atoms with Crippen LogP contribution < -0.4 is 0 Å². The van der Waals surface area contributed by atoms with E-state index in [0.717, 1.165) is 12.2 Å². The molecule has 0 saturated heterocycles. The maximum absolute atomic E-state index is 4.19. The third-order valence-electron chi connectivity index (χ3n) is 2.56. The Morgan fingerprint density at radius 3 is 1.81 bits per heavy atom. The molecule has 0 amide bonds. The number of thiol groups is 1. The Morgan fingerprint density at radius 1 is 0.812 bits per heavy atom. The highest BCUT2D eigenvalue weighted by atomic mass is 32.1. The molecule has 0 saturated carbocycles. The number of rotatable bonds is 7. The van der Waals surface area contributed by atoms with Crippen molar-refractivity contribution in [3.63, 3.8) is 0 Å². The van der Waals surface area contributed by atoms with Gasteiger partial charge in [0, 0.05) is 5.75 Å². The largest absolute Gasteiger partial charge is 0.175 e. The molecule has 0 atom stereocenters. The molecule has 92 valence electrons. The maximum Gasteiger partial charge on any atom is 0.00850 e. The van der Waals surface area contributed by atoms with E-state index < -0.39 is 0 Å². The van der Waals surface area contributed by atoms with Crippen LogP contribution in [0.25, 0.3) is 0 Å². The van der Waals surface area contributed by atoms with Gasteiger partial charge in [0.05, 0.1) is 0 Å². The molecule has 0 fully saturated rings. The van der Waals surface area contributed by atoms with Gasteiger partial charge in [-0.2, -0.15) is 12.6 Å². The fourth-order valence-corrected chi connectivity index (χ4v) is 1.81. The summed E-state index contributed by atoms with van der Waals surface area (Å²) in [5.74, 6) is 0.856. The molecule has 0 aromatic heterocycles. The molecule has 0 unspecified atom stereocenters. The monoisotopic (exact) mass is 238 g/mol. The van der Waals surface area contributed by atoms with Gasteiger partial charge in [-0.05, 0) is 53.4 Å². The van der Waals surface area contributed by atoms with Gasteiger partial charge in [0.25, 0.3) is 0 Å². The lowest BCUT2D eigenvalue weighted by Crippen LogP contribution is -1.81. The molecule has 1 heteroatoms. The van der Waals surface area contributed by atoms with Crippen LogP contribution >= 0.6 is 12.6 Å². The topological polar surface area (TPSA) is 0 Å². The van der Waals surface area contributed by atoms with Crippen molar-refractivity contribution in [2.24, 2.45) is 0 Å². The van der Waals surface area contributed by atoms with E-state index in [4.69, 9.17) is 0 Å². The zero-order valence-corrected chi connectivity index (χ0v) is 12.1. The minimum Gasteiger partial charge on any atom is -0.175 e. The molecule has 0 aliphatic rings. The smallest absolute Gasteiger partial charge is 0.00850 e. The second kappa shape index (κ2) is 9.77. The summed E-state index contributed by atoms with van der Waals surface area (Å²) in [6.45, 7) is 8.73. The second-order valence-electron chi connectivity index (χ2n) is 4.64. The molecule has 16 heavy (non-hydrogen) atoms. The summed E-state index contributed by atoms with van der Waals surface area (Å²) in [5, 5.41) is 0. The van der Waals surface area contributed by atoms with Crippen molar-refractivity contribution in [1.29, 1.82) is 0 Å². The fourth-order valence-electron chi connectivity index (χ4n) is 1.49. The van der Waals surface area contributed by atoms with E-state index in [1.54, 1.807) is 0 Å². The van der Waals surface area contributed by atoms with E-state index in [2.05, 4.69) is 58.6 Å². The van der Waals surface area contributed by atoms with Crippen molar-refractivity contribution < 1.29 is 0 Å². The molecule has 0 aromatic rings. The Kier molecular flexibility index (Phi) is 9.51. The van der Waals surface area contributed by atoms with Crippen LogP contribution in [0.3, 0.4) is 0 Å². The van der Waals surface area contributed by atoms with Gasteiger partial charge < -0.3 is 0 Å². The van der Waals surface area contributed by atoms with Gasteiger partial charge in [0.2, 0.25) is 0 Å². The van der Waals surface area contributed by atoms with Crippen LogP contribution in [-0.4, -0.2) is 5.75 Å². The first-order valence-electron chi connectivity index (χ1n) is 6.11. The van der Waals surface area contributed by atoms with Crippen LogP contribution in [0.15, 0.2) is 34.9 Å². The van der Waals surface area contributed by atoms with Crippen molar-refractivity contribution >= 4 is 12.6 Å². The zero-order valence-electron chi connectivity index (χ0n) is 11.2. The SMILES string of the molecule is CC(C)=CCC/C(C)=C\CC/C(C)=C/CS. The third kappa shape index (κ3) is 10.1. The van der Waals surface area contributed by atoms with Gasteiger partial charge in [0.15, 0.2) is 0 Å². The summed E-state index contributed by atoms with van der Waals surface area (Å²) < 4.78 is 0. The molecule has 0 radical (unpaired) electrons. The average molecular weight is 238 g/mol. The van der Waals surface area contributed by atoms with Crippen LogP contribution in [0, 0.1) is 0 Å². The summed E-state index contributed by atoms with van der Waals surface area (Å²) in [7, 11) is 0. The summed E-state index contributed by atoms with van der Waals surface area (Å²) in [5.41, 5.74) is 4.37. The molecular weight excluding hydrogens is 212 g/mol. The first-order chi connectivity index (χ1) is 7.56. The van der Waals surface area contributed by atoms with Gasteiger partial charge in [-0.25, -0.2) is 0 Å². The number of hydrogen-bond donors (Lipinski definition) is 1. The lowest BCUT2D eigenvalue weighted by atomic mass is 10.1.